The van der Waals surface area contributed by atoms with Crippen molar-refractivity contribution in [1.29, 1.82) is 0 Å². The van der Waals surface area contributed by atoms with E-state index >= 15 is 0 Å². The number of nitrogens with one attached hydrogen (secondary N) is 1. The van der Waals surface area contributed by atoms with Gasteiger partial charge in [0.2, 0.25) is 0 Å². The Morgan fingerprint density at radius 3 is 2.75 bits per heavy atom. The van der Waals surface area contributed by atoms with Crippen molar-refractivity contribution in [3.63, 3.8) is 0 Å². The van der Waals surface area contributed by atoms with Gasteiger partial charge in [-0.2, -0.15) is 10.2 Å². The first-order valence-electron chi connectivity index (χ1n) is 9.90. The standard InChI is InChI=1S/C23H21BrClN5O2/c1-15-7-8-16(2)21(11-15)32-14-29-10-9-20(27-29)23(31)26-22-18(24)13-30(28-22)12-17-5-3-4-6-19(17)25/h3-11,13H,12,14H2,1-2H3,(H,26,28,31). The summed E-state index contributed by atoms with van der Waals surface area (Å²) >= 11 is 9.67. The van der Waals surface area contributed by atoms with Gasteiger partial charge in [0.25, 0.3) is 5.91 Å². The summed E-state index contributed by atoms with van der Waals surface area (Å²) in [6.45, 7) is 4.68. The van der Waals surface area contributed by atoms with E-state index in [0.29, 0.717) is 21.9 Å². The maximum absolute atomic E-state index is 12.7. The first-order chi connectivity index (χ1) is 15.4. The molecular formula is C23H21BrClN5O2. The molecule has 0 spiro atoms. The molecule has 0 aliphatic carbocycles. The monoisotopic (exact) mass is 513 g/mol. The number of hydrogen-bond acceptors (Lipinski definition) is 4. The van der Waals surface area contributed by atoms with Crippen LogP contribution >= 0.6 is 27.5 Å². The fourth-order valence-electron chi connectivity index (χ4n) is 3.09. The number of aryl methyl sites for hydroxylation is 2. The van der Waals surface area contributed by atoms with E-state index in [1.807, 2.05) is 56.3 Å². The fourth-order valence-corrected chi connectivity index (χ4v) is 3.70. The average molecular weight is 515 g/mol. The van der Waals surface area contributed by atoms with E-state index in [2.05, 4.69) is 31.4 Å². The minimum Gasteiger partial charge on any atom is -0.471 e. The third-order valence-electron chi connectivity index (χ3n) is 4.81. The summed E-state index contributed by atoms with van der Waals surface area (Å²) < 4.78 is 9.78. The molecule has 9 heteroatoms. The Kier molecular flexibility index (Phi) is 6.62. The number of nitrogens with zero attached hydrogens (tertiary/aromatic N) is 4. The first-order valence-corrected chi connectivity index (χ1v) is 11.1. The molecule has 0 aliphatic heterocycles. The Hall–Kier alpha value is -3.10. The van der Waals surface area contributed by atoms with Crippen molar-refractivity contribution in [1.82, 2.24) is 19.6 Å². The highest BCUT2D eigenvalue weighted by Gasteiger charge is 2.15. The summed E-state index contributed by atoms with van der Waals surface area (Å²) in [6.07, 6.45) is 3.49. The predicted octanol–water partition coefficient (Wildman–Crippen LogP) is 5.45. The third kappa shape index (κ3) is 5.20. The largest absolute Gasteiger partial charge is 0.471 e. The van der Waals surface area contributed by atoms with Crippen LogP contribution in [0.2, 0.25) is 5.02 Å². The average Bonchev–Trinajstić information content (AvgIpc) is 3.37. The van der Waals surface area contributed by atoms with Crippen LogP contribution in [0.1, 0.15) is 27.2 Å². The number of ether oxygens (including phenoxy) is 1. The van der Waals surface area contributed by atoms with E-state index in [1.165, 1.54) is 0 Å². The topological polar surface area (TPSA) is 74.0 Å². The Bertz CT molecular complexity index is 1270. The summed E-state index contributed by atoms with van der Waals surface area (Å²) in [5.74, 6) is 0.835. The lowest BCUT2D eigenvalue weighted by atomic mass is 10.1. The summed E-state index contributed by atoms with van der Waals surface area (Å²) in [5, 5.41) is 12.2. The molecule has 1 amide bonds. The molecule has 0 fully saturated rings. The van der Waals surface area contributed by atoms with Crippen LogP contribution in [0, 0.1) is 13.8 Å². The van der Waals surface area contributed by atoms with Crippen LogP contribution in [0.5, 0.6) is 5.75 Å². The van der Waals surface area contributed by atoms with Crippen molar-refractivity contribution in [2.45, 2.75) is 27.1 Å². The Labute approximate surface area is 199 Å². The van der Waals surface area contributed by atoms with Crippen molar-refractivity contribution in [2.24, 2.45) is 0 Å². The minimum atomic E-state index is -0.362. The molecule has 32 heavy (non-hydrogen) atoms. The molecule has 0 atom stereocenters. The van der Waals surface area contributed by atoms with Gasteiger partial charge in [-0.3, -0.25) is 9.48 Å². The highest BCUT2D eigenvalue weighted by molar-refractivity contribution is 9.10. The molecule has 0 saturated carbocycles. The molecule has 2 aromatic heterocycles. The minimum absolute atomic E-state index is 0.202. The number of carbonyl (C=O) groups excluding carboxylic acids is 1. The van der Waals surface area contributed by atoms with E-state index in [1.54, 1.807) is 27.8 Å². The van der Waals surface area contributed by atoms with Crippen molar-refractivity contribution in [3.05, 3.63) is 92.8 Å². The van der Waals surface area contributed by atoms with Gasteiger partial charge in [0.05, 0.1) is 11.0 Å². The van der Waals surface area contributed by atoms with Gasteiger partial charge in [-0.15, -0.1) is 0 Å². The zero-order valence-electron chi connectivity index (χ0n) is 17.5. The van der Waals surface area contributed by atoms with Crippen LogP contribution in [0.25, 0.3) is 0 Å². The Morgan fingerprint density at radius 1 is 1.12 bits per heavy atom. The molecule has 0 radical (unpaired) electrons. The SMILES string of the molecule is Cc1ccc(C)c(OCn2ccc(C(=O)Nc3nn(Cc4ccccc4Cl)cc3Br)n2)c1. The highest BCUT2D eigenvalue weighted by Crippen LogP contribution is 2.23. The lowest BCUT2D eigenvalue weighted by molar-refractivity contribution is 0.101. The quantitative estimate of drug-likeness (QED) is 0.356. The molecule has 0 saturated heterocycles. The molecule has 0 aliphatic rings. The Balaban J connectivity index is 1.39. The fraction of sp³-hybridized carbons (Fsp3) is 0.174. The van der Waals surface area contributed by atoms with Crippen molar-refractivity contribution in [3.8, 4) is 5.75 Å². The van der Waals surface area contributed by atoms with Crippen molar-refractivity contribution < 1.29 is 9.53 Å². The van der Waals surface area contributed by atoms with Gasteiger partial charge in [-0.05, 0) is 64.7 Å². The van der Waals surface area contributed by atoms with Crippen LogP contribution < -0.4 is 10.1 Å². The van der Waals surface area contributed by atoms with Gasteiger partial charge < -0.3 is 10.1 Å². The molecule has 0 bridgehead atoms. The lowest BCUT2D eigenvalue weighted by Crippen LogP contribution is -2.15. The second kappa shape index (κ2) is 9.58. The van der Waals surface area contributed by atoms with Gasteiger partial charge in [-0.25, -0.2) is 4.68 Å². The molecular weight excluding hydrogens is 494 g/mol. The van der Waals surface area contributed by atoms with E-state index < -0.39 is 0 Å². The summed E-state index contributed by atoms with van der Waals surface area (Å²) in [4.78, 5) is 12.7. The zero-order chi connectivity index (χ0) is 22.7. The normalized spacial score (nSPS) is 10.9. The number of halogens is 2. The van der Waals surface area contributed by atoms with E-state index in [-0.39, 0.29) is 18.3 Å². The number of amides is 1. The number of hydrogen-bond donors (Lipinski definition) is 1. The molecule has 2 heterocycles. The van der Waals surface area contributed by atoms with Gasteiger partial charge >= 0.3 is 0 Å². The molecule has 2 aromatic carbocycles. The molecule has 7 nitrogen and oxygen atoms in total. The second-order valence-corrected chi connectivity index (χ2v) is 8.61. The van der Waals surface area contributed by atoms with Crippen LogP contribution in [0.3, 0.4) is 0 Å². The molecule has 4 rings (SSSR count). The third-order valence-corrected chi connectivity index (χ3v) is 5.76. The van der Waals surface area contributed by atoms with Crippen molar-refractivity contribution >= 4 is 39.3 Å². The number of carbonyl (C=O) groups is 1. The second-order valence-electron chi connectivity index (χ2n) is 7.35. The van der Waals surface area contributed by atoms with Crippen LogP contribution in [0.4, 0.5) is 5.82 Å². The first kappa shape index (κ1) is 22.1. The molecule has 164 valence electrons. The zero-order valence-corrected chi connectivity index (χ0v) is 19.9. The molecule has 4 aromatic rings. The van der Waals surface area contributed by atoms with Gasteiger partial charge in [-0.1, -0.05) is 41.9 Å². The number of aromatic nitrogens is 4. The number of benzene rings is 2. The van der Waals surface area contributed by atoms with Crippen molar-refractivity contribution in [2.75, 3.05) is 5.32 Å². The molecule has 1 N–H and O–H groups in total. The van der Waals surface area contributed by atoms with Crippen LogP contribution in [0.15, 0.2) is 65.4 Å². The van der Waals surface area contributed by atoms with Gasteiger partial charge in [0.15, 0.2) is 18.2 Å². The van der Waals surface area contributed by atoms with Gasteiger partial charge in [0.1, 0.15) is 5.75 Å². The maximum atomic E-state index is 12.7. The lowest BCUT2D eigenvalue weighted by Gasteiger charge is -2.09. The van der Waals surface area contributed by atoms with E-state index in [9.17, 15) is 4.79 Å². The highest BCUT2D eigenvalue weighted by atomic mass is 79.9. The smallest absolute Gasteiger partial charge is 0.277 e. The Morgan fingerprint density at radius 2 is 1.94 bits per heavy atom. The number of anilines is 1. The van der Waals surface area contributed by atoms with E-state index in [0.717, 1.165) is 22.4 Å². The van der Waals surface area contributed by atoms with Crippen LogP contribution in [-0.2, 0) is 13.3 Å². The summed E-state index contributed by atoms with van der Waals surface area (Å²) in [5.41, 5.74) is 3.36. The maximum Gasteiger partial charge on any atom is 0.277 e. The summed E-state index contributed by atoms with van der Waals surface area (Å²) in [7, 11) is 0. The summed E-state index contributed by atoms with van der Waals surface area (Å²) in [6, 6.07) is 15.2. The number of rotatable bonds is 7. The molecule has 0 unspecified atom stereocenters. The van der Waals surface area contributed by atoms with Crippen LogP contribution in [-0.4, -0.2) is 25.5 Å². The van der Waals surface area contributed by atoms with Gasteiger partial charge in [0, 0.05) is 17.4 Å². The predicted molar refractivity (Wildman–Crippen MR) is 127 cm³/mol. The van der Waals surface area contributed by atoms with E-state index in [4.69, 9.17) is 16.3 Å².